The van der Waals surface area contributed by atoms with Gasteiger partial charge in [0, 0.05) is 24.2 Å². The molecule has 0 saturated carbocycles. The summed E-state index contributed by atoms with van der Waals surface area (Å²) in [5.74, 6) is -0.680. The Morgan fingerprint density at radius 3 is 2.42 bits per heavy atom. The van der Waals surface area contributed by atoms with E-state index in [1.54, 1.807) is 24.3 Å². The van der Waals surface area contributed by atoms with Gasteiger partial charge in [-0.3, -0.25) is 19.7 Å². The van der Waals surface area contributed by atoms with Crippen LogP contribution in [-0.2, 0) is 4.79 Å². The predicted molar refractivity (Wildman–Crippen MR) is 88.9 cm³/mol. The standard InChI is InChI=1S/C16H14N4O4/c1-11(21)18-14-8-6-12(7-9-14)16(22)19-17-10-13-4-2-3-5-15(13)20(23)24/h2-10H,1H3,(H,18,21)(H,19,22)/b17-10-. The second kappa shape index (κ2) is 7.63. The second-order valence-corrected chi connectivity index (χ2v) is 4.77. The molecule has 0 aliphatic rings. The van der Waals surface area contributed by atoms with E-state index in [0.717, 1.165) is 0 Å². The van der Waals surface area contributed by atoms with Crippen LogP contribution in [0.25, 0.3) is 0 Å². The fraction of sp³-hybridized carbons (Fsp3) is 0.0625. The number of hydrogen-bond acceptors (Lipinski definition) is 5. The molecule has 2 N–H and O–H groups in total. The van der Waals surface area contributed by atoms with Gasteiger partial charge >= 0.3 is 0 Å². The van der Waals surface area contributed by atoms with Crippen molar-refractivity contribution < 1.29 is 14.5 Å². The summed E-state index contributed by atoms with van der Waals surface area (Å²) in [6.45, 7) is 1.39. The van der Waals surface area contributed by atoms with Crippen molar-refractivity contribution in [3.63, 3.8) is 0 Å². The maximum absolute atomic E-state index is 11.9. The highest BCUT2D eigenvalue weighted by molar-refractivity contribution is 5.96. The van der Waals surface area contributed by atoms with E-state index in [9.17, 15) is 19.7 Å². The van der Waals surface area contributed by atoms with Gasteiger partial charge in [0.25, 0.3) is 11.6 Å². The van der Waals surface area contributed by atoms with Gasteiger partial charge in [-0.25, -0.2) is 5.43 Å². The van der Waals surface area contributed by atoms with Gasteiger partial charge in [0.1, 0.15) is 0 Å². The Hall–Kier alpha value is -3.55. The molecule has 24 heavy (non-hydrogen) atoms. The average molecular weight is 326 g/mol. The fourth-order valence-corrected chi connectivity index (χ4v) is 1.90. The zero-order valence-electron chi connectivity index (χ0n) is 12.7. The maximum atomic E-state index is 11.9. The van der Waals surface area contributed by atoms with E-state index >= 15 is 0 Å². The Bertz CT molecular complexity index is 800. The predicted octanol–water partition coefficient (Wildman–Crippen LogP) is 2.32. The van der Waals surface area contributed by atoms with Crippen LogP contribution in [0, 0.1) is 10.1 Å². The summed E-state index contributed by atoms with van der Waals surface area (Å²) in [5, 5.41) is 17.2. The third-order valence-corrected chi connectivity index (χ3v) is 2.97. The molecule has 122 valence electrons. The van der Waals surface area contributed by atoms with Gasteiger partial charge in [-0.05, 0) is 30.3 Å². The molecule has 0 heterocycles. The zero-order chi connectivity index (χ0) is 17.5. The smallest absolute Gasteiger partial charge is 0.278 e. The Kier molecular flexibility index (Phi) is 5.35. The van der Waals surface area contributed by atoms with Gasteiger partial charge in [-0.2, -0.15) is 5.10 Å². The summed E-state index contributed by atoms with van der Waals surface area (Å²) in [5.41, 5.74) is 3.38. The molecule has 0 unspecified atom stereocenters. The summed E-state index contributed by atoms with van der Waals surface area (Å²) < 4.78 is 0. The molecule has 2 aromatic carbocycles. The van der Waals surface area contributed by atoms with Crippen molar-refractivity contribution in [3.8, 4) is 0 Å². The van der Waals surface area contributed by atoms with E-state index in [1.807, 2.05) is 0 Å². The molecule has 8 nitrogen and oxygen atoms in total. The van der Waals surface area contributed by atoms with Crippen LogP contribution in [0.4, 0.5) is 11.4 Å². The topological polar surface area (TPSA) is 114 Å². The molecule has 0 fully saturated rings. The molecule has 0 aliphatic heterocycles. The monoisotopic (exact) mass is 326 g/mol. The number of rotatable bonds is 5. The Labute approximate surface area is 137 Å². The van der Waals surface area contributed by atoms with E-state index in [-0.39, 0.29) is 17.2 Å². The SMILES string of the molecule is CC(=O)Nc1ccc(C(=O)N/N=C\c2ccccc2[N+](=O)[O-])cc1. The zero-order valence-corrected chi connectivity index (χ0v) is 12.7. The van der Waals surface area contributed by atoms with Crippen LogP contribution < -0.4 is 10.7 Å². The van der Waals surface area contributed by atoms with Gasteiger partial charge in [0.05, 0.1) is 16.7 Å². The molecular weight excluding hydrogens is 312 g/mol. The Morgan fingerprint density at radius 1 is 1.12 bits per heavy atom. The van der Waals surface area contributed by atoms with Crippen molar-refractivity contribution in [2.45, 2.75) is 6.92 Å². The highest BCUT2D eigenvalue weighted by atomic mass is 16.6. The molecule has 2 aromatic rings. The number of nitro groups is 1. The van der Waals surface area contributed by atoms with Crippen molar-refractivity contribution >= 4 is 29.4 Å². The third kappa shape index (κ3) is 4.47. The lowest BCUT2D eigenvalue weighted by molar-refractivity contribution is -0.385. The van der Waals surface area contributed by atoms with Crippen molar-refractivity contribution in [1.29, 1.82) is 0 Å². The van der Waals surface area contributed by atoms with Gasteiger partial charge < -0.3 is 5.32 Å². The molecular formula is C16H14N4O4. The quantitative estimate of drug-likeness (QED) is 0.498. The van der Waals surface area contributed by atoms with Crippen LogP contribution in [0.3, 0.4) is 0 Å². The number of para-hydroxylation sites is 1. The number of carbonyl (C=O) groups is 2. The van der Waals surface area contributed by atoms with Crippen LogP contribution in [0.2, 0.25) is 0 Å². The lowest BCUT2D eigenvalue weighted by Gasteiger charge is -2.03. The number of hydrogen-bond donors (Lipinski definition) is 2. The first kappa shape index (κ1) is 16.8. The van der Waals surface area contributed by atoms with Crippen molar-refractivity contribution in [1.82, 2.24) is 5.43 Å². The molecule has 0 aromatic heterocycles. The van der Waals surface area contributed by atoms with Crippen LogP contribution in [0.15, 0.2) is 53.6 Å². The van der Waals surface area contributed by atoms with Crippen LogP contribution in [0.1, 0.15) is 22.8 Å². The minimum absolute atomic E-state index is 0.102. The molecule has 2 rings (SSSR count). The summed E-state index contributed by atoms with van der Waals surface area (Å²) in [6, 6.07) is 12.3. The molecule has 0 aliphatic carbocycles. The highest BCUT2D eigenvalue weighted by Gasteiger charge is 2.10. The van der Waals surface area contributed by atoms with Crippen molar-refractivity contribution in [3.05, 3.63) is 69.8 Å². The number of amides is 2. The van der Waals surface area contributed by atoms with E-state index in [4.69, 9.17) is 0 Å². The highest BCUT2D eigenvalue weighted by Crippen LogP contribution is 2.15. The maximum Gasteiger partial charge on any atom is 0.278 e. The number of carbonyl (C=O) groups excluding carboxylic acids is 2. The number of nitrogens with zero attached hydrogens (tertiary/aromatic N) is 2. The number of anilines is 1. The van der Waals surface area contributed by atoms with Gasteiger partial charge in [-0.1, -0.05) is 12.1 Å². The lowest BCUT2D eigenvalue weighted by atomic mass is 10.2. The Balaban J connectivity index is 2.03. The second-order valence-electron chi connectivity index (χ2n) is 4.77. The summed E-state index contributed by atoms with van der Waals surface area (Å²) in [6.07, 6.45) is 1.21. The summed E-state index contributed by atoms with van der Waals surface area (Å²) in [7, 11) is 0. The first-order chi connectivity index (χ1) is 11.5. The van der Waals surface area contributed by atoms with E-state index in [0.29, 0.717) is 11.3 Å². The van der Waals surface area contributed by atoms with Crippen LogP contribution in [-0.4, -0.2) is 23.0 Å². The van der Waals surface area contributed by atoms with E-state index in [1.165, 1.54) is 37.4 Å². The third-order valence-electron chi connectivity index (χ3n) is 2.97. The summed E-state index contributed by atoms with van der Waals surface area (Å²) >= 11 is 0. The van der Waals surface area contributed by atoms with E-state index in [2.05, 4.69) is 15.8 Å². The molecule has 0 bridgehead atoms. The first-order valence-electron chi connectivity index (χ1n) is 6.92. The number of nitrogens with one attached hydrogen (secondary N) is 2. The first-order valence-corrected chi connectivity index (χ1v) is 6.92. The number of hydrazone groups is 1. The summed E-state index contributed by atoms with van der Waals surface area (Å²) in [4.78, 5) is 33.2. The minimum atomic E-state index is -0.524. The molecule has 8 heteroatoms. The van der Waals surface area contributed by atoms with Crippen LogP contribution in [0.5, 0.6) is 0 Å². The van der Waals surface area contributed by atoms with Crippen LogP contribution >= 0.6 is 0 Å². The molecule has 0 radical (unpaired) electrons. The van der Waals surface area contributed by atoms with Gasteiger partial charge in [0.15, 0.2) is 0 Å². The normalized spacial score (nSPS) is 10.4. The molecule has 0 saturated heterocycles. The fourth-order valence-electron chi connectivity index (χ4n) is 1.90. The van der Waals surface area contributed by atoms with E-state index < -0.39 is 10.8 Å². The Morgan fingerprint density at radius 2 is 1.79 bits per heavy atom. The molecule has 0 atom stereocenters. The van der Waals surface area contributed by atoms with Crippen molar-refractivity contribution in [2.75, 3.05) is 5.32 Å². The minimum Gasteiger partial charge on any atom is -0.326 e. The van der Waals surface area contributed by atoms with Crippen molar-refractivity contribution in [2.24, 2.45) is 5.10 Å². The number of nitro benzene ring substituents is 1. The largest absolute Gasteiger partial charge is 0.326 e. The van der Waals surface area contributed by atoms with Gasteiger partial charge in [-0.15, -0.1) is 0 Å². The number of benzene rings is 2. The van der Waals surface area contributed by atoms with Gasteiger partial charge in [0.2, 0.25) is 5.91 Å². The average Bonchev–Trinajstić information content (AvgIpc) is 2.55. The molecule has 0 spiro atoms. The lowest BCUT2D eigenvalue weighted by Crippen LogP contribution is -2.17. The molecule has 2 amide bonds.